The van der Waals surface area contributed by atoms with Gasteiger partial charge in [-0.1, -0.05) is 12.1 Å². The molecule has 0 saturated carbocycles. The number of phenolic OH excluding ortho intramolecular Hbond substituents is 1. The second-order valence-electron chi connectivity index (χ2n) is 6.69. The van der Waals surface area contributed by atoms with E-state index >= 15 is 0 Å². The Morgan fingerprint density at radius 2 is 1.64 bits per heavy atom. The van der Waals surface area contributed by atoms with Crippen molar-refractivity contribution in [3.8, 4) is 5.75 Å². The minimum atomic E-state index is -1.10. The van der Waals surface area contributed by atoms with Crippen molar-refractivity contribution in [2.24, 2.45) is 11.8 Å². The Balaban J connectivity index is 1.78. The third kappa shape index (κ3) is 4.28. The minimum Gasteiger partial charge on any atom is -0.507 e. The molecule has 0 aromatic heterocycles. The Bertz CT molecular complexity index is 900. The lowest BCUT2D eigenvalue weighted by Crippen LogP contribution is -2.49. The molecule has 8 heteroatoms. The molecular formula is C20H19FN2O5. The molecule has 0 radical (unpaired) electrons. The molecule has 2 aromatic rings. The number of halogens is 1. The molecule has 0 spiro atoms. The van der Waals surface area contributed by atoms with E-state index < -0.39 is 35.4 Å². The number of para-hydroxylation sites is 1. The van der Waals surface area contributed by atoms with Crippen LogP contribution in [0.5, 0.6) is 5.75 Å². The lowest BCUT2D eigenvalue weighted by atomic mass is 9.88. The number of amides is 2. The summed E-state index contributed by atoms with van der Waals surface area (Å²) in [7, 11) is 0. The molecule has 1 aliphatic heterocycles. The highest BCUT2D eigenvalue weighted by molar-refractivity contribution is 5.98. The molecule has 3 rings (SSSR count). The van der Waals surface area contributed by atoms with Gasteiger partial charge in [-0.2, -0.15) is 0 Å². The van der Waals surface area contributed by atoms with Crippen molar-refractivity contribution < 1.29 is 29.0 Å². The maximum atomic E-state index is 13.0. The second-order valence-corrected chi connectivity index (χ2v) is 6.69. The largest absolute Gasteiger partial charge is 0.507 e. The highest BCUT2D eigenvalue weighted by Crippen LogP contribution is 2.27. The molecule has 0 bridgehead atoms. The van der Waals surface area contributed by atoms with Crippen LogP contribution in [0, 0.1) is 17.7 Å². The number of aromatic hydroxyl groups is 1. The van der Waals surface area contributed by atoms with Gasteiger partial charge in [-0.3, -0.25) is 14.4 Å². The number of hydrogen-bond donors (Lipinski definition) is 3. The van der Waals surface area contributed by atoms with Gasteiger partial charge in [0, 0.05) is 18.8 Å². The van der Waals surface area contributed by atoms with Gasteiger partial charge in [0.05, 0.1) is 17.4 Å². The van der Waals surface area contributed by atoms with Gasteiger partial charge in [0.25, 0.3) is 5.91 Å². The number of nitrogens with zero attached hydrogens (tertiary/aromatic N) is 1. The number of anilines is 1. The number of carbonyl (C=O) groups excluding carboxylic acids is 2. The molecule has 28 heavy (non-hydrogen) atoms. The molecule has 1 fully saturated rings. The normalized spacial score (nSPS) is 19.1. The fraction of sp³-hybridized carbons (Fsp3) is 0.250. The monoisotopic (exact) mass is 386 g/mol. The van der Waals surface area contributed by atoms with Crippen LogP contribution >= 0.6 is 0 Å². The number of hydrogen-bond acceptors (Lipinski definition) is 4. The number of piperidine rings is 1. The number of carboxylic acids is 1. The summed E-state index contributed by atoms with van der Waals surface area (Å²) in [6, 6.07) is 11.2. The number of benzene rings is 2. The van der Waals surface area contributed by atoms with Gasteiger partial charge in [0.1, 0.15) is 11.6 Å². The summed E-state index contributed by atoms with van der Waals surface area (Å²) < 4.78 is 13.0. The second kappa shape index (κ2) is 8.08. The van der Waals surface area contributed by atoms with Gasteiger partial charge in [-0.15, -0.1) is 0 Å². The number of phenols is 1. The van der Waals surface area contributed by atoms with Crippen molar-refractivity contribution in [2.45, 2.75) is 6.42 Å². The van der Waals surface area contributed by atoms with Gasteiger partial charge < -0.3 is 20.4 Å². The van der Waals surface area contributed by atoms with Crippen LogP contribution in [0.1, 0.15) is 16.8 Å². The van der Waals surface area contributed by atoms with Crippen molar-refractivity contribution in [1.29, 1.82) is 0 Å². The Morgan fingerprint density at radius 1 is 1.00 bits per heavy atom. The smallest absolute Gasteiger partial charge is 0.308 e. The lowest BCUT2D eigenvalue weighted by molar-refractivity contribution is -0.144. The highest BCUT2D eigenvalue weighted by atomic mass is 19.1. The van der Waals surface area contributed by atoms with E-state index in [9.17, 15) is 29.0 Å². The van der Waals surface area contributed by atoms with Crippen LogP contribution in [0.25, 0.3) is 0 Å². The predicted molar refractivity (Wildman–Crippen MR) is 98.3 cm³/mol. The summed E-state index contributed by atoms with van der Waals surface area (Å²) in [5, 5.41) is 22.0. The van der Waals surface area contributed by atoms with Crippen LogP contribution in [-0.4, -0.2) is 46.0 Å². The molecule has 2 atom stereocenters. The van der Waals surface area contributed by atoms with E-state index in [0.717, 1.165) is 0 Å². The van der Waals surface area contributed by atoms with Crippen LogP contribution in [-0.2, 0) is 9.59 Å². The minimum absolute atomic E-state index is 0.0178. The number of likely N-dealkylation sites (tertiary alicyclic amines) is 1. The van der Waals surface area contributed by atoms with E-state index in [0.29, 0.717) is 5.69 Å². The lowest BCUT2D eigenvalue weighted by Gasteiger charge is -2.35. The van der Waals surface area contributed by atoms with Crippen LogP contribution in [0.3, 0.4) is 0 Å². The molecule has 2 amide bonds. The van der Waals surface area contributed by atoms with Gasteiger partial charge in [-0.05, 0) is 42.8 Å². The zero-order valence-electron chi connectivity index (χ0n) is 14.8. The van der Waals surface area contributed by atoms with Crippen LogP contribution in [0.2, 0.25) is 0 Å². The van der Waals surface area contributed by atoms with Gasteiger partial charge in [-0.25, -0.2) is 4.39 Å². The van der Waals surface area contributed by atoms with Crippen LogP contribution < -0.4 is 5.32 Å². The first kappa shape index (κ1) is 19.3. The molecule has 0 aliphatic carbocycles. The molecule has 1 heterocycles. The first-order valence-electron chi connectivity index (χ1n) is 8.71. The highest BCUT2D eigenvalue weighted by Gasteiger charge is 2.37. The molecule has 0 unspecified atom stereocenters. The predicted octanol–water partition coefficient (Wildman–Crippen LogP) is 2.33. The summed E-state index contributed by atoms with van der Waals surface area (Å²) in [6.45, 7) is -0.0349. The summed E-state index contributed by atoms with van der Waals surface area (Å²) in [5.41, 5.74) is 0.425. The topological polar surface area (TPSA) is 107 Å². The molecule has 3 N–H and O–H groups in total. The van der Waals surface area contributed by atoms with Gasteiger partial charge in [0.2, 0.25) is 5.91 Å². The molecule has 1 saturated heterocycles. The number of nitrogens with one attached hydrogen (secondary N) is 1. The van der Waals surface area contributed by atoms with Crippen molar-refractivity contribution in [1.82, 2.24) is 4.90 Å². The van der Waals surface area contributed by atoms with E-state index in [2.05, 4.69) is 5.32 Å². The first-order chi connectivity index (χ1) is 13.3. The van der Waals surface area contributed by atoms with Gasteiger partial charge in [0.15, 0.2) is 0 Å². The third-order valence-corrected chi connectivity index (χ3v) is 4.70. The SMILES string of the molecule is O=C(O)[C@@H]1C[C@H](C(=O)Nc2ccc(F)cc2)CN(C(=O)c2ccccc2O)C1. The Morgan fingerprint density at radius 3 is 2.29 bits per heavy atom. The standard InChI is InChI=1S/C20H19FN2O5/c21-14-5-7-15(8-6-14)22-18(25)12-9-13(20(27)28)11-23(10-12)19(26)16-3-1-2-4-17(16)24/h1-8,12-13,24H,9-11H2,(H,22,25)(H,27,28)/t12-,13+/m0/s1. The van der Waals surface area contributed by atoms with Crippen molar-refractivity contribution in [3.05, 3.63) is 59.9 Å². The quantitative estimate of drug-likeness (QED) is 0.748. The molecule has 1 aliphatic rings. The number of aliphatic carboxylic acids is 1. The van der Waals surface area contributed by atoms with E-state index in [-0.39, 0.29) is 30.8 Å². The Hall–Kier alpha value is -3.42. The van der Waals surface area contributed by atoms with Crippen molar-refractivity contribution >= 4 is 23.5 Å². The van der Waals surface area contributed by atoms with Crippen LogP contribution in [0.4, 0.5) is 10.1 Å². The number of carbonyl (C=O) groups is 3. The number of carboxylic acid groups (broad SMARTS) is 1. The average molecular weight is 386 g/mol. The maximum absolute atomic E-state index is 13.0. The van der Waals surface area contributed by atoms with E-state index in [1.807, 2.05) is 0 Å². The van der Waals surface area contributed by atoms with Crippen LogP contribution in [0.15, 0.2) is 48.5 Å². The molecular weight excluding hydrogens is 367 g/mol. The van der Waals surface area contributed by atoms with E-state index in [1.54, 1.807) is 12.1 Å². The summed E-state index contributed by atoms with van der Waals surface area (Å²) in [6.07, 6.45) is 0.0763. The molecule has 7 nitrogen and oxygen atoms in total. The summed E-state index contributed by atoms with van der Waals surface area (Å²) in [5.74, 6) is -4.41. The van der Waals surface area contributed by atoms with E-state index in [1.165, 1.54) is 41.3 Å². The summed E-state index contributed by atoms with van der Waals surface area (Å²) >= 11 is 0. The van der Waals surface area contributed by atoms with Crippen molar-refractivity contribution in [2.75, 3.05) is 18.4 Å². The van der Waals surface area contributed by atoms with E-state index in [4.69, 9.17) is 0 Å². The number of rotatable bonds is 4. The molecule has 146 valence electrons. The Kier molecular flexibility index (Phi) is 5.58. The zero-order valence-corrected chi connectivity index (χ0v) is 14.8. The average Bonchev–Trinajstić information content (AvgIpc) is 2.69. The summed E-state index contributed by atoms with van der Waals surface area (Å²) in [4.78, 5) is 38.2. The van der Waals surface area contributed by atoms with Crippen molar-refractivity contribution in [3.63, 3.8) is 0 Å². The zero-order chi connectivity index (χ0) is 20.3. The Labute approximate surface area is 160 Å². The maximum Gasteiger partial charge on any atom is 0.308 e. The fourth-order valence-electron chi connectivity index (χ4n) is 3.24. The first-order valence-corrected chi connectivity index (χ1v) is 8.71. The van der Waals surface area contributed by atoms with Gasteiger partial charge >= 0.3 is 5.97 Å². The third-order valence-electron chi connectivity index (χ3n) is 4.70. The molecule has 2 aromatic carbocycles. The fourth-order valence-corrected chi connectivity index (χ4v) is 3.24.